The molecule has 0 radical (unpaired) electrons. The Morgan fingerprint density at radius 2 is 1.85 bits per heavy atom. The average molecular weight is 358 g/mol. The van der Waals surface area contributed by atoms with Gasteiger partial charge in [0.05, 0.1) is 27.5 Å². The van der Waals surface area contributed by atoms with Crippen LogP contribution in [0.2, 0.25) is 0 Å². The van der Waals surface area contributed by atoms with Crippen LogP contribution in [0.25, 0.3) is 10.6 Å². The van der Waals surface area contributed by atoms with E-state index in [4.69, 9.17) is 9.47 Å². The number of hydrogen-bond donors (Lipinski definition) is 0. The maximum absolute atomic E-state index is 11.5. The normalized spacial score (nSPS) is 10.2. The fourth-order valence-corrected chi connectivity index (χ4v) is 3.12. The Labute approximate surface area is 128 Å². The van der Waals surface area contributed by atoms with Crippen LogP contribution in [0.15, 0.2) is 22.8 Å². The van der Waals surface area contributed by atoms with Crippen molar-refractivity contribution in [2.45, 2.75) is 0 Å². The summed E-state index contributed by atoms with van der Waals surface area (Å²) in [6.45, 7) is 0. The van der Waals surface area contributed by atoms with Crippen molar-refractivity contribution in [3.63, 3.8) is 0 Å². The molecule has 0 aliphatic heterocycles. The van der Waals surface area contributed by atoms with Gasteiger partial charge < -0.3 is 14.2 Å². The van der Waals surface area contributed by atoms with E-state index in [0.717, 1.165) is 10.0 Å². The molecule has 1 heterocycles. The summed E-state index contributed by atoms with van der Waals surface area (Å²) >= 11 is 4.72. The molecule has 1 aromatic heterocycles. The quantitative estimate of drug-likeness (QED) is 0.785. The first kappa shape index (κ1) is 14.8. The summed E-state index contributed by atoms with van der Waals surface area (Å²) in [4.78, 5) is 16.1. The SMILES string of the molecule is COC(=O)c1cnc(-c2cc(OC)c(OC)cc2Br)s1. The van der Waals surface area contributed by atoms with Crippen molar-refractivity contribution in [3.8, 4) is 22.1 Å². The summed E-state index contributed by atoms with van der Waals surface area (Å²) in [5.74, 6) is 0.818. The first-order chi connectivity index (χ1) is 9.60. The number of carbonyl (C=O) groups is 1. The average Bonchev–Trinajstić information content (AvgIpc) is 2.95. The molecule has 0 atom stereocenters. The van der Waals surface area contributed by atoms with Gasteiger partial charge >= 0.3 is 5.97 Å². The highest BCUT2D eigenvalue weighted by Gasteiger charge is 2.16. The fourth-order valence-electron chi connectivity index (χ4n) is 1.61. The zero-order valence-corrected chi connectivity index (χ0v) is 13.5. The third-order valence-corrected chi connectivity index (χ3v) is 4.26. The monoisotopic (exact) mass is 357 g/mol. The molecular weight excluding hydrogens is 346 g/mol. The van der Waals surface area contributed by atoms with E-state index in [1.807, 2.05) is 6.07 Å². The minimum atomic E-state index is -0.398. The van der Waals surface area contributed by atoms with E-state index >= 15 is 0 Å². The number of benzene rings is 1. The minimum Gasteiger partial charge on any atom is -0.493 e. The van der Waals surface area contributed by atoms with Gasteiger partial charge in [-0.25, -0.2) is 9.78 Å². The first-order valence-corrected chi connectivity index (χ1v) is 7.17. The van der Waals surface area contributed by atoms with Crippen LogP contribution in [-0.2, 0) is 4.74 Å². The first-order valence-electron chi connectivity index (χ1n) is 5.56. The minimum absolute atomic E-state index is 0.398. The Kier molecular flexibility index (Phi) is 4.61. The van der Waals surface area contributed by atoms with Gasteiger partial charge in [0.1, 0.15) is 9.88 Å². The second-order valence-electron chi connectivity index (χ2n) is 3.71. The van der Waals surface area contributed by atoms with Crippen molar-refractivity contribution in [1.82, 2.24) is 4.98 Å². The van der Waals surface area contributed by atoms with Crippen LogP contribution in [-0.4, -0.2) is 32.3 Å². The lowest BCUT2D eigenvalue weighted by atomic mass is 10.2. The Balaban J connectivity index is 2.47. The van der Waals surface area contributed by atoms with E-state index in [0.29, 0.717) is 21.4 Å². The zero-order valence-electron chi connectivity index (χ0n) is 11.1. The Hall–Kier alpha value is -1.60. The second-order valence-corrected chi connectivity index (χ2v) is 5.59. The summed E-state index contributed by atoms with van der Waals surface area (Å²) in [6.07, 6.45) is 1.50. The van der Waals surface area contributed by atoms with Gasteiger partial charge in [-0.05, 0) is 28.1 Å². The predicted octanol–water partition coefficient (Wildman–Crippen LogP) is 3.38. The smallest absolute Gasteiger partial charge is 0.349 e. The van der Waals surface area contributed by atoms with Crippen molar-refractivity contribution in [3.05, 3.63) is 27.7 Å². The molecule has 0 bridgehead atoms. The molecule has 2 rings (SSSR count). The molecule has 5 nitrogen and oxygen atoms in total. The number of thiazole rings is 1. The van der Waals surface area contributed by atoms with E-state index in [1.165, 1.54) is 24.6 Å². The Bertz CT molecular complexity index is 641. The van der Waals surface area contributed by atoms with E-state index in [9.17, 15) is 4.79 Å². The van der Waals surface area contributed by atoms with Gasteiger partial charge in [-0.15, -0.1) is 11.3 Å². The van der Waals surface area contributed by atoms with Gasteiger partial charge in [-0.3, -0.25) is 0 Å². The Morgan fingerprint density at radius 1 is 1.20 bits per heavy atom. The molecule has 1 aromatic carbocycles. The molecular formula is C13H12BrNO4S. The lowest BCUT2D eigenvalue weighted by Crippen LogP contribution is -1.96. The van der Waals surface area contributed by atoms with E-state index < -0.39 is 5.97 Å². The van der Waals surface area contributed by atoms with E-state index in [2.05, 4.69) is 25.7 Å². The highest BCUT2D eigenvalue weighted by atomic mass is 79.9. The summed E-state index contributed by atoms with van der Waals surface area (Å²) in [5, 5.41) is 0.693. The number of aromatic nitrogens is 1. The standard InChI is InChI=1S/C13H12BrNO4S/c1-17-9-4-7(8(14)5-10(9)18-2)12-15-6-11(20-12)13(16)19-3/h4-6H,1-3H3. The molecule has 0 amide bonds. The van der Waals surface area contributed by atoms with Crippen molar-refractivity contribution >= 4 is 33.2 Å². The third kappa shape index (κ3) is 2.78. The number of methoxy groups -OCH3 is 3. The van der Waals surface area contributed by atoms with Gasteiger partial charge in [-0.1, -0.05) is 0 Å². The zero-order chi connectivity index (χ0) is 14.7. The van der Waals surface area contributed by atoms with Gasteiger partial charge in [0.2, 0.25) is 0 Å². The predicted molar refractivity (Wildman–Crippen MR) is 79.7 cm³/mol. The van der Waals surface area contributed by atoms with E-state index in [-0.39, 0.29) is 0 Å². The lowest BCUT2D eigenvalue weighted by Gasteiger charge is -2.10. The molecule has 0 unspecified atom stereocenters. The van der Waals surface area contributed by atoms with Gasteiger partial charge in [-0.2, -0.15) is 0 Å². The topological polar surface area (TPSA) is 57.7 Å². The summed E-state index contributed by atoms with van der Waals surface area (Å²) in [6, 6.07) is 3.61. The summed E-state index contributed by atoms with van der Waals surface area (Å²) < 4.78 is 16.0. The van der Waals surface area contributed by atoms with E-state index in [1.54, 1.807) is 20.3 Å². The van der Waals surface area contributed by atoms with Crippen molar-refractivity contribution in [2.75, 3.05) is 21.3 Å². The molecule has 0 fully saturated rings. The maximum atomic E-state index is 11.5. The number of carbonyl (C=O) groups excluding carboxylic acids is 1. The number of nitrogens with zero attached hydrogens (tertiary/aromatic N) is 1. The molecule has 0 aliphatic rings. The number of hydrogen-bond acceptors (Lipinski definition) is 6. The second kappa shape index (κ2) is 6.23. The number of esters is 1. The lowest BCUT2D eigenvalue weighted by molar-refractivity contribution is 0.0606. The summed E-state index contributed by atoms with van der Waals surface area (Å²) in [7, 11) is 4.48. The molecule has 0 saturated heterocycles. The van der Waals surface area contributed by atoms with Crippen LogP contribution in [0, 0.1) is 0 Å². The number of ether oxygens (including phenoxy) is 3. The van der Waals surface area contributed by atoms with Crippen LogP contribution in [0.5, 0.6) is 11.5 Å². The molecule has 0 N–H and O–H groups in total. The van der Waals surface area contributed by atoms with Crippen LogP contribution in [0.4, 0.5) is 0 Å². The molecule has 7 heteroatoms. The van der Waals surface area contributed by atoms with Gasteiger partial charge in [0.25, 0.3) is 0 Å². The fraction of sp³-hybridized carbons (Fsp3) is 0.231. The highest BCUT2D eigenvalue weighted by molar-refractivity contribution is 9.10. The number of halogens is 1. The summed E-state index contributed by atoms with van der Waals surface area (Å²) in [5.41, 5.74) is 0.822. The molecule has 0 spiro atoms. The maximum Gasteiger partial charge on any atom is 0.349 e. The number of rotatable bonds is 4. The van der Waals surface area contributed by atoms with Crippen LogP contribution in [0.3, 0.4) is 0 Å². The van der Waals surface area contributed by atoms with Crippen LogP contribution >= 0.6 is 27.3 Å². The van der Waals surface area contributed by atoms with Crippen LogP contribution < -0.4 is 9.47 Å². The van der Waals surface area contributed by atoms with Crippen LogP contribution in [0.1, 0.15) is 9.67 Å². The highest BCUT2D eigenvalue weighted by Crippen LogP contribution is 2.39. The van der Waals surface area contributed by atoms with Crippen molar-refractivity contribution in [2.24, 2.45) is 0 Å². The van der Waals surface area contributed by atoms with Crippen molar-refractivity contribution < 1.29 is 19.0 Å². The molecule has 20 heavy (non-hydrogen) atoms. The van der Waals surface area contributed by atoms with Gasteiger partial charge in [0, 0.05) is 10.0 Å². The Morgan fingerprint density at radius 3 is 2.45 bits per heavy atom. The molecule has 0 aliphatic carbocycles. The molecule has 106 valence electrons. The third-order valence-electron chi connectivity index (χ3n) is 2.60. The molecule has 2 aromatic rings. The van der Waals surface area contributed by atoms with Crippen molar-refractivity contribution in [1.29, 1.82) is 0 Å². The molecule has 0 saturated carbocycles. The largest absolute Gasteiger partial charge is 0.493 e. The van der Waals surface area contributed by atoms with Gasteiger partial charge in [0.15, 0.2) is 11.5 Å².